The second kappa shape index (κ2) is 10.6. The first-order chi connectivity index (χ1) is 11.1. The van der Waals surface area contributed by atoms with E-state index in [9.17, 15) is 9.90 Å². The Morgan fingerprint density at radius 1 is 1.22 bits per heavy atom. The number of aliphatic hydroxyl groups is 1. The first-order valence-electron chi connectivity index (χ1n) is 7.96. The molecule has 0 saturated heterocycles. The van der Waals surface area contributed by atoms with Crippen LogP contribution in [0.15, 0.2) is 35.3 Å². The highest BCUT2D eigenvalue weighted by Crippen LogP contribution is 2.13. The number of carbonyl (C=O) groups is 1. The summed E-state index contributed by atoms with van der Waals surface area (Å²) < 4.78 is 0. The van der Waals surface area contributed by atoms with Gasteiger partial charge in [0.15, 0.2) is 5.96 Å². The molecule has 0 aromatic heterocycles. The minimum absolute atomic E-state index is 0.000936. The van der Waals surface area contributed by atoms with Crippen LogP contribution in [-0.2, 0) is 4.79 Å². The standard InChI is InChI=1S/C17H28N4O2/c1-13(2)21-16(23)9-10-19-17(18-3)20-11-15(12-22)14-7-5-4-6-8-14/h4-8,13,15,22H,9-12H2,1-3H3,(H,21,23)(H2,18,19,20). The zero-order valence-electron chi connectivity index (χ0n) is 14.2. The maximum atomic E-state index is 11.6. The number of nitrogens with one attached hydrogen (secondary N) is 3. The van der Waals surface area contributed by atoms with Gasteiger partial charge in [0.05, 0.1) is 6.61 Å². The molecule has 128 valence electrons. The summed E-state index contributed by atoms with van der Waals surface area (Å²) >= 11 is 0. The van der Waals surface area contributed by atoms with Crippen LogP contribution < -0.4 is 16.0 Å². The molecular weight excluding hydrogens is 292 g/mol. The zero-order valence-corrected chi connectivity index (χ0v) is 14.2. The number of guanidine groups is 1. The molecule has 1 unspecified atom stereocenters. The number of aliphatic imine (C=N–C) groups is 1. The van der Waals surface area contributed by atoms with Crippen LogP contribution in [0.25, 0.3) is 0 Å². The van der Waals surface area contributed by atoms with Crippen LogP contribution in [0, 0.1) is 0 Å². The molecular formula is C17H28N4O2. The second-order valence-electron chi connectivity index (χ2n) is 5.64. The summed E-state index contributed by atoms with van der Waals surface area (Å²) in [6.45, 7) is 5.01. The first-order valence-corrected chi connectivity index (χ1v) is 7.96. The second-order valence-corrected chi connectivity index (χ2v) is 5.64. The third kappa shape index (κ3) is 7.65. The average Bonchev–Trinajstić information content (AvgIpc) is 2.54. The number of carbonyl (C=O) groups excluding carboxylic acids is 1. The van der Waals surface area contributed by atoms with Crippen molar-refractivity contribution in [3.63, 3.8) is 0 Å². The van der Waals surface area contributed by atoms with Crippen molar-refractivity contribution in [1.29, 1.82) is 0 Å². The number of nitrogens with zero attached hydrogens (tertiary/aromatic N) is 1. The van der Waals surface area contributed by atoms with Crippen molar-refractivity contribution in [2.75, 3.05) is 26.7 Å². The van der Waals surface area contributed by atoms with Crippen molar-refractivity contribution in [2.24, 2.45) is 4.99 Å². The van der Waals surface area contributed by atoms with Crippen molar-refractivity contribution in [1.82, 2.24) is 16.0 Å². The molecule has 0 radical (unpaired) electrons. The van der Waals surface area contributed by atoms with Gasteiger partial charge < -0.3 is 21.1 Å². The van der Waals surface area contributed by atoms with Crippen LogP contribution in [0.1, 0.15) is 31.7 Å². The van der Waals surface area contributed by atoms with E-state index >= 15 is 0 Å². The fraction of sp³-hybridized carbons (Fsp3) is 0.529. The maximum absolute atomic E-state index is 11.6. The molecule has 0 fully saturated rings. The molecule has 1 atom stereocenters. The minimum Gasteiger partial charge on any atom is -0.396 e. The molecule has 6 nitrogen and oxygen atoms in total. The number of hydrogen-bond acceptors (Lipinski definition) is 3. The van der Waals surface area contributed by atoms with Gasteiger partial charge in [0.1, 0.15) is 0 Å². The van der Waals surface area contributed by atoms with E-state index in [1.165, 1.54) is 0 Å². The van der Waals surface area contributed by atoms with Crippen LogP contribution in [-0.4, -0.2) is 49.8 Å². The van der Waals surface area contributed by atoms with Crippen LogP contribution in [0.5, 0.6) is 0 Å². The van der Waals surface area contributed by atoms with Crippen LogP contribution in [0.4, 0.5) is 0 Å². The Labute approximate surface area is 138 Å². The quantitative estimate of drug-likeness (QED) is 0.422. The van der Waals surface area contributed by atoms with Crippen LogP contribution in [0.3, 0.4) is 0 Å². The summed E-state index contributed by atoms with van der Waals surface area (Å²) in [6.07, 6.45) is 0.390. The van der Waals surface area contributed by atoms with Gasteiger partial charge in [-0.05, 0) is 19.4 Å². The Kier molecular flexibility index (Phi) is 8.75. The molecule has 0 bridgehead atoms. The summed E-state index contributed by atoms with van der Waals surface area (Å²) in [5.74, 6) is 0.635. The zero-order chi connectivity index (χ0) is 17.1. The Bertz CT molecular complexity index is 489. The normalized spacial score (nSPS) is 12.8. The van der Waals surface area contributed by atoms with Crippen molar-refractivity contribution >= 4 is 11.9 Å². The van der Waals surface area contributed by atoms with Gasteiger partial charge in [-0.1, -0.05) is 30.3 Å². The van der Waals surface area contributed by atoms with E-state index in [-0.39, 0.29) is 24.5 Å². The molecule has 0 heterocycles. The Hall–Kier alpha value is -2.08. The third-order valence-electron chi connectivity index (χ3n) is 3.33. The molecule has 1 rings (SSSR count). The number of aliphatic hydroxyl groups excluding tert-OH is 1. The van der Waals surface area contributed by atoms with E-state index in [1.54, 1.807) is 7.05 Å². The Morgan fingerprint density at radius 3 is 2.48 bits per heavy atom. The number of amides is 1. The molecule has 23 heavy (non-hydrogen) atoms. The van der Waals surface area contributed by atoms with Gasteiger partial charge in [0, 0.05) is 38.5 Å². The molecule has 1 aromatic rings. The highest BCUT2D eigenvalue weighted by Gasteiger charge is 2.11. The maximum Gasteiger partial charge on any atom is 0.221 e. The average molecular weight is 320 g/mol. The predicted molar refractivity (Wildman–Crippen MR) is 93.5 cm³/mol. The largest absolute Gasteiger partial charge is 0.396 e. The summed E-state index contributed by atoms with van der Waals surface area (Å²) in [5.41, 5.74) is 1.08. The molecule has 0 spiro atoms. The Balaban J connectivity index is 2.37. The van der Waals surface area contributed by atoms with E-state index in [4.69, 9.17) is 0 Å². The van der Waals surface area contributed by atoms with Gasteiger partial charge in [-0.15, -0.1) is 0 Å². The van der Waals surface area contributed by atoms with Crippen molar-refractivity contribution in [3.8, 4) is 0 Å². The lowest BCUT2D eigenvalue weighted by molar-refractivity contribution is -0.121. The topological polar surface area (TPSA) is 85.8 Å². The third-order valence-corrected chi connectivity index (χ3v) is 3.33. The monoisotopic (exact) mass is 320 g/mol. The van der Waals surface area contributed by atoms with E-state index in [0.717, 1.165) is 5.56 Å². The van der Waals surface area contributed by atoms with E-state index in [1.807, 2.05) is 44.2 Å². The van der Waals surface area contributed by atoms with Gasteiger partial charge in [0.25, 0.3) is 0 Å². The van der Waals surface area contributed by atoms with Gasteiger partial charge in [-0.25, -0.2) is 0 Å². The summed E-state index contributed by atoms with van der Waals surface area (Å²) in [6, 6.07) is 10.0. The lowest BCUT2D eigenvalue weighted by Gasteiger charge is -2.18. The fourth-order valence-electron chi connectivity index (χ4n) is 2.14. The van der Waals surface area contributed by atoms with E-state index in [2.05, 4.69) is 20.9 Å². The highest BCUT2D eigenvalue weighted by molar-refractivity contribution is 5.81. The first kappa shape index (κ1) is 19.0. The van der Waals surface area contributed by atoms with Gasteiger partial charge in [0.2, 0.25) is 5.91 Å². The van der Waals surface area contributed by atoms with Crippen LogP contribution in [0.2, 0.25) is 0 Å². The van der Waals surface area contributed by atoms with Gasteiger partial charge in [-0.2, -0.15) is 0 Å². The molecule has 6 heteroatoms. The van der Waals surface area contributed by atoms with Gasteiger partial charge in [-0.3, -0.25) is 9.79 Å². The summed E-state index contributed by atoms with van der Waals surface area (Å²) in [4.78, 5) is 15.7. The smallest absolute Gasteiger partial charge is 0.221 e. The van der Waals surface area contributed by atoms with E-state index < -0.39 is 0 Å². The lowest BCUT2D eigenvalue weighted by atomic mass is 10.0. The number of hydrogen-bond donors (Lipinski definition) is 4. The summed E-state index contributed by atoms with van der Waals surface area (Å²) in [7, 11) is 1.68. The fourth-order valence-corrected chi connectivity index (χ4v) is 2.14. The van der Waals surface area contributed by atoms with Crippen molar-refractivity contribution in [2.45, 2.75) is 32.2 Å². The number of rotatable bonds is 8. The summed E-state index contributed by atoms with van der Waals surface area (Å²) in [5, 5.41) is 18.7. The van der Waals surface area contributed by atoms with Crippen molar-refractivity contribution in [3.05, 3.63) is 35.9 Å². The molecule has 0 aliphatic rings. The molecule has 0 saturated carbocycles. The molecule has 1 aromatic carbocycles. The Morgan fingerprint density at radius 2 is 1.91 bits per heavy atom. The highest BCUT2D eigenvalue weighted by atomic mass is 16.3. The molecule has 0 aliphatic heterocycles. The molecule has 0 aliphatic carbocycles. The van der Waals surface area contributed by atoms with Crippen LogP contribution >= 0.6 is 0 Å². The predicted octanol–water partition coefficient (Wildman–Crippen LogP) is 0.842. The minimum atomic E-state index is -0.000936. The van der Waals surface area contributed by atoms with Gasteiger partial charge >= 0.3 is 0 Å². The number of benzene rings is 1. The SMILES string of the molecule is CN=C(NCCC(=O)NC(C)C)NCC(CO)c1ccccc1. The molecule has 4 N–H and O–H groups in total. The van der Waals surface area contributed by atoms with E-state index in [0.29, 0.717) is 25.5 Å². The lowest BCUT2D eigenvalue weighted by Crippen LogP contribution is -2.41. The van der Waals surface area contributed by atoms with Crippen molar-refractivity contribution < 1.29 is 9.90 Å². The molecule has 1 amide bonds.